The van der Waals surface area contributed by atoms with E-state index in [0.717, 1.165) is 54.1 Å². The Hall–Kier alpha value is -2.97. The summed E-state index contributed by atoms with van der Waals surface area (Å²) in [5, 5.41) is 3.08. The molecular weight excluding hydrogens is 467 g/mol. The zero-order chi connectivity index (χ0) is 24.1. The van der Waals surface area contributed by atoms with Gasteiger partial charge in [-0.3, -0.25) is 9.78 Å². The Bertz CT molecular complexity index is 1280. The summed E-state index contributed by atoms with van der Waals surface area (Å²) >= 11 is 6.40. The number of carbonyl (C=O) groups is 1. The molecule has 0 radical (unpaired) electrons. The average Bonchev–Trinajstić information content (AvgIpc) is 3.56. The number of nitrogens with zero attached hydrogens (tertiary/aromatic N) is 2. The lowest BCUT2D eigenvalue weighted by Gasteiger charge is -2.23. The number of halogens is 4. The van der Waals surface area contributed by atoms with Crippen molar-refractivity contribution in [2.24, 2.45) is 5.92 Å². The number of hydrogen-bond donors (Lipinski definition) is 1. The zero-order valence-electron chi connectivity index (χ0n) is 18.2. The summed E-state index contributed by atoms with van der Waals surface area (Å²) < 4.78 is 44.4. The Balaban J connectivity index is 1.44. The largest absolute Gasteiger partial charge is 0.433 e. The molecule has 1 saturated carbocycles. The van der Waals surface area contributed by atoms with E-state index in [-0.39, 0.29) is 11.0 Å². The number of anilines is 1. The number of nitrogens with one attached hydrogen (secondary N) is 1. The van der Waals surface area contributed by atoms with E-state index in [4.69, 9.17) is 16.3 Å². The lowest BCUT2D eigenvalue weighted by Crippen LogP contribution is -2.22. The van der Waals surface area contributed by atoms with E-state index < -0.39 is 17.8 Å². The quantitative estimate of drug-likeness (QED) is 0.455. The maximum absolute atomic E-state index is 13.0. The normalized spacial score (nSPS) is 21.6. The van der Waals surface area contributed by atoms with E-state index in [9.17, 15) is 18.0 Å². The molecule has 2 atom stereocenters. The fourth-order valence-electron chi connectivity index (χ4n) is 4.68. The van der Waals surface area contributed by atoms with Crippen molar-refractivity contribution in [2.75, 3.05) is 18.5 Å². The highest BCUT2D eigenvalue weighted by Crippen LogP contribution is 2.58. The van der Waals surface area contributed by atoms with Gasteiger partial charge in [-0.2, -0.15) is 13.2 Å². The zero-order valence-corrected chi connectivity index (χ0v) is 19.0. The standard InChI is InChI=1S/C25H21ClF3N3O2/c1-14-2-3-18(31-23(33)15-4-6-30-21(8-15)25(27,28)29)11-19(14)16-9-20(32-22(26)10-16)24-5-7-34-13-17(24)12-24/h2-4,6,8-11,17H,5,7,12-13H2,1H3,(H,31,33). The highest BCUT2D eigenvalue weighted by molar-refractivity contribution is 6.29. The van der Waals surface area contributed by atoms with E-state index in [1.165, 1.54) is 6.07 Å². The van der Waals surface area contributed by atoms with Crippen LogP contribution in [0.5, 0.6) is 0 Å². The molecule has 0 spiro atoms. The van der Waals surface area contributed by atoms with Gasteiger partial charge in [-0.15, -0.1) is 0 Å². The topological polar surface area (TPSA) is 64.1 Å². The van der Waals surface area contributed by atoms with Crippen LogP contribution in [0.15, 0.2) is 48.7 Å². The van der Waals surface area contributed by atoms with Gasteiger partial charge in [0.25, 0.3) is 5.91 Å². The van der Waals surface area contributed by atoms with Gasteiger partial charge in [0.05, 0.1) is 6.61 Å². The molecule has 34 heavy (non-hydrogen) atoms. The molecular formula is C25H21ClF3N3O2. The van der Waals surface area contributed by atoms with E-state index in [2.05, 4.69) is 15.3 Å². The molecule has 3 aromatic rings. The van der Waals surface area contributed by atoms with Crippen LogP contribution in [0.3, 0.4) is 0 Å². The predicted molar refractivity (Wildman–Crippen MR) is 122 cm³/mol. The highest BCUT2D eigenvalue weighted by Gasteiger charge is 2.57. The summed E-state index contributed by atoms with van der Waals surface area (Å²) in [4.78, 5) is 20.5. The summed E-state index contributed by atoms with van der Waals surface area (Å²) in [7, 11) is 0. The van der Waals surface area contributed by atoms with Crippen LogP contribution in [0.1, 0.15) is 40.2 Å². The van der Waals surface area contributed by atoms with Crippen molar-refractivity contribution in [3.63, 3.8) is 0 Å². The second kappa shape index (κ2) is 8.36. The number of aryl methyl sites for hydroxylation is 1. The summed E-state index contributed by atoms with van der Waals surface area (Å²) in [6, 6.07) is 11.2. The van der Waals surface area contributed by atoms with Crippen LogP contribution in [-0.4, -0.2) is 29.1 Å². The first kappa shape index (κ1) is 22.8. The minimum Gasteiger partial charge on any atom is -0.381 e. The number of benzene rings is 1. The van der Waals surface area contributed by atoms with Crippen LogP contribution in [0.4, 0.5) is 18.9 Å². The van der Waals surface area contributed by atoms with Crippen LogP contribution in [0.2, 0.25) is 5.15 Å². The van der Waals surface area contributed by atoms with Crippen LogP contribution >= 0.6 is 11.6 Å². The van der Waals surface area contributed by atoms with Crippen LogP contribution in [-0.2, 0) is 16.3 Å². The van der Waals surface area contributed by atoms with Gasteiger partial charge in [0.15, 0.2) is 0 Å². The van der Waals surface area contributed by atoms with Crippen molar-refractivity contribution < 1.29 is 22.7 Å². The lowest BCUT2D eigenvalue weighted by molar-refractivity contribution is -0.141. The van der Waals surface area contributed by atoms with E-state index in [1.54, 1.807) is 18.2 Å². The monoisotopic (exact) mass is 487 g/mol. The number of pyridine rings is 2. The summed E-state index contributed by atoms with van der Waals surface area (Å²) in [5.41, 5.74) is 2.87. The molecule has 1 aliphatic carbocycles. The van der Waals surface area contributed by atoms with Crippen LogP contribution < -0.4 is 5.32 Å². The summed E-state index contributed by atoms with van der Waals surface area (Å²) in [6.45, 7) is 3.38. The van der Waals surface area contributed by atoms with Crippen LogP contribution in [0, 0.1) is 12.8 Å². The smallest absolute Gasteiger partial charge is 0.381 e. The third-order valence-corrected chi connectivity index (χ3v) is 6.86. The Kier molecular flexibility index (Phi) is 5.61. The molecule has 2 aliphatic rings. The first-order valence-electron chi connectivity index (χ1n) is 10.9. The van der Waals surface area contributed by atoms with Crippen LogP contribution in [0.25, 0.3) is 11.1 Å². The number of hydrogen-bond acceptors (Lipinski definition) is 4. The molecule has 1 aromatic carbocycles. The fourth-order valence-corrected chi connectivity index (χ4v) is 4.88. The average molecular weight is 488 g/mol. The van der Waals surface area contributed by atoms with Crippen molar-refractivity contribution in [1.29, 1.82) is 0 Å². The van der Waals surface area contributed by atoms with Crippen molar-refractivity contribution in [1.82, 2.24) is 9.97 Å². The SMILES string of the molecule is Cc1ccc(NC(=O)c2ccnc(C(F)(F)F)c2)cc1-c1cc(Cl)nc(C23CCOCC2C3)c1. The minimum absolute atomic E-state index is 0.00909. The van der Waals surface area contributed by atoms with Crippen molar-refractivity contribution in [3.8, 4) is 11.1 Å². The maximum atomic E-state index is 13.0. The van der Waals surface area contributed by atoms with Gasteiger partial charge in [-0.05, 0) is 78.8 Å². The van der Waals surface area contributed by atoms with Gasteiger partial charge >= 0.3 is 6.18 Å². The Morgan fingerprint density at radius 2 is 2.03 bits per heavy atom. The lowest BCUT2D eigenvalue weighted by atomic mass is 9.91. The predicted octanol–water partition coefficient (Wildman–Crippen LogP) is 6.05. The molecule has 3 heterocycles. The van der Waals surface area contributed by atoms with Gasteiger partial charge < -0.3 is 10.1 Å². The molecule has 1 aliphatic heterocycles. The Morgan fingerprint density at radius 1 is 1.21 bits per heavy atom. The number of aromatic nitrogens is 2. The number of rotatable bonds is 4. The molecule has 9 heteroatoms. The molecule has 2 aromatic heterocycles. The second-order valence-corrected chi connectivity index (χ2v) is 9.24. The fraction of sp³-hybridized carbons (Fsp3) is 0.320. The first-order chi connectivity index (χ1) is 16.2. The number of ether oxygens (including phenoxy) is 1. The molecule has 176 valence electrons. The minimum atomic E-state index is -4.63. The molecule has 0 bridgehead atoms. The third-order valence-electron chi connectivity index (χ3n) is 6.67. The third kappa shape index (κ3) is 4.28. The molecule has 1 amide bonds. The molecule has 2 fully saturated rings. The number of fused-ring (bicyclic) bond motifs is 1. The number of carbonyl (C=O) groups excluding carboxylic acids is 1. The highest BCUT2D eigenvalue weighted by atomic mass is 35.5. The van der Waals surface area contributed by atoms with Gasteiger partial charge in [0.2, 0.25) is 0 Å². The van der Waals surface area contributed by atoms with Gasteiger partial charge in [-0.25, -0.2) is 4.98 Å². The van der Waals surface area contributed by atoms with Gasteiger partial charge in [0, 0.05) is 35.2 Å². The van der Waals surface area contributed by atoms with Crippen molar-refractivity contribution >= 4 is 23.2 Å². The summed E-state index contributed by atoms with van der Waals surface area (Å²) in [5.74, 6) is -0.202. The van der Waals surface area contributed by atoms with Gasteiger partial charge in [-0.1, -0.05) is 17.7 Å². The summed E-state index contributed by atoms with van der Waals surface area (Å²) in [6.07, 6.45) is -1.72. The molecule has 2 unspecified atom stereocenters. The Morgan fingerprint density at radius 3 is 2.79 bits per heavy atom. The van der Waals surface area contributed by atoms with E-state index >= 15 is 0 Å². The van der Waals surface area contributed by atoms with Crippen molar-refractivity contribution in [2.45, 2.75) is 31.4 Å². The molecule has 5 rings (SSSR count). The van der Waals surface area contributed by atoms with E-state index in [0.29, 0.717) is 23.4 Å². The number of alkyl halides is 3. The van der Waals surface area contributed by atoms with Gasteiger partial charge in [0.1, 0.15) is 10.8 Å². The van der Waals surface area contributed by atoms with Crippen molar-refractivity contribution in [3.05, 3.63) is 76.3 Å². The Labute approximate surface area is 199 Å². The molecule has 1 saturated heterocycles. The van der Waals surface area contributed by atoms with E-state index in [1.807, 2.05) is 19.1 Å². The maximum Gasteiger partial charge on any atom is 0.433 e. The molecule has 5 nitrogen and oxygen atoms in total. The first-order valence-corrected chi connectivity index (χ1v) is 11.2. The molecule has 1 N–H and O–H groups in total. The number of amides is 1. The second-order valence-electron chi connectivity index (χ2n) is 8.86.